The van der Waals surface area contributed by atoms with Crippen molar-refractivity contribution in [2.75, 3.05) is 19.6 Å². The number of amides is 2. The van der Waals surface area contributed by atoms with Crippen molar-refractivity contribution < 1.29 is 9.32 Å². The first kappa shape index (κ1) is 17.4. The van der Waals surface area contributed by atoms with E-state index in [1.165, 1.54) is 0 Å². The minimum Gasteiger partial charge on any atom is -0.361 e. The Morgan fingerprint density at radius 1 is 1.40 bits per heavy atom. The Balaban J connectivity index is 1.43. The van der Waals surface area contributed by atoms with Gasteiger partial charge in [-0.1, -0.05) is 17.3 Å². The predicted octanol–water partition coefficient (Wildman–Crippen LogP) is 2.11. The normalized spacial score (nSPS) is 16.8. The maximum atomic E-state index is 12.4. The molecule has 1 saturated heterocycles. The number of aromatic nitrogens is 4. The Labute approximate surface area is 147 Å². The summed E-state index contributed by atoms with van der Waals surface area (Å²) < 4.78 is 7.08. The highest BCUT2D eigenvalue weighted by molar-refractivity contribution is 5.74. The summed E-state index contributed by atoms with van der Waals surface area (Å²) in [5, 5.41) is 14.9. The Morgan fingerprint density at radius 2 is 2.16 bits per heavy atom. The fourth-order valence-electron chi connectivity index (χ4n) is 3.56. The van der Waals surface area contributed by atoms with Crippen LogP contribution in [0.3, 0.4) is 0 Å². The van der Waals surface area contributed by atoms with Gasteiger partial charge in [-0.3, -0.25) is 4.68 Å². The van der Waals surface area contributed by atoms with Crippen LogP contribution in [-0.2, 0) is 6.54 Å². The molecule has 1 fully saturated rings. The fourth-order valence-corrected chi connectivity index (χ4v) is 3.56. The molecule has 0 saturated carbocycles. The van der Waals surface area contributed by atoms with Crippen LogP contribution in [-0.4, -0.2) is 50.7 Å². The van der Waals surface area contributed by atoms with Crippen LogP contribution in [0, 0.1) is 19.8 Å². The van der Waals surface area contributed by atoms with E-state index >= 15 is 0 Å². The molecule has 3 rings (SSSR count). The topological polar surface area (TPSA) is 89.1 Å². The molecular formula is C17H26N6O2. The summed E-state index contributed by atoms with van der Waals surface area (Å²) in [5.74, 6) is 1.56. The van der Waals surface area contributed by atoms with Gasteiger partial charge < -0.3 is 14.7 Å². The van der Waals surface area contributed by atoms with E-state index in [0.717, 1.165) is 49.5 Å². The molecule has 0 aromatic carbocycles. The van der Waals surface area contributed by atoms with Gasteiger partial charge in [0.05, 0.1) is 11.9 Å². The van der Waals surface area contributed by atoms with Gasteiger partial charge in [-0.2, -0.15) is 0 Å². The standard InChI is InChI=1S/C17H26N6O2/c1-12(16-13(2)20-25-14(16)3)10-18-17(24)22-7-4-15(5-8-22)11-23-9-6-19-21-23/h6,9,12,15H,4-5,7-8,10-11H2,1-3H3,(H,18,24). The minimum absolute atomic E-state index is 0.0119. The number of urea groups is 1. The van der Waals surface area contributed by atoms with E-state index in [1.54, 1.807) is 6.20 Å². The van der Waals surface area contributed by atoms with Crippen LogP contribution in [0.5, 0.6) is 0 Å². The quantitative estimate of drug-likeness (QED) is 0.895. The van der Waals surface area contributed by atoms with E-state index in [2.05, 4.69) is 27.7 Å². The number of piperidine rings is 1. The fraction of sp³-hybridized carbons (Fsp3) is 0.647. The monoisotopic (exact) mass is 346 g/mol. The van der Waals surface area contributed by atoms with Gasteiger partial charge in [0.1, 0.15) is 5.76 Å². The van der Waals surface area contributed by atoms with Crippen LogP contribution in [0.25, 0.3) is 0 Å². The van der Waals surface area contributed by atoms with Crippen LogP contribution >= 0.6 is 0 Å². The van der Waals surface area contributed by atoms with Crippen molar-refractivity contribution >= 4 is 6.03 Å². The van der Waals surface area contributed by atoms with E-state index in [4.69, 9.17) is 4.52 Å². The molecule has 0 radical (unpaired) electrons. The van der Waals surface area contributed by atoms with E-state index in [-0.39, 0.29) is 11.9 Å². The average molecular weight is 346 g/mol. The number of hydrogen-bond acceptors (Lipinski definition) is 5. The summed E-state index contributed by atoms with van der Waals surface area (Å²) in [6.45, 7) is 8.95. The number of rotatable bonds is 5. The van der Waals surface area contributed by atoms with Crippen molar-refractivity contribution in [2.24, 2.45) is 5.92 Å². The van der Waals surface area contributed by atoms with Crippen LogP contribution in [0.2, 0.25) is 0 Å². The van der Waals surface area contributed by atoms with Crippen molar-refractivity contribution in [3.63, 3.8) is 0 Å². The van der Waals surface area contributed by atoms with Gasteiger partial charge in [0, 0.05) is 43.9 Å². The summed E-state index contributed by atoms with van der Waals surface area (Å²) in [6, 6.07) is 0.0119. The number of aryl methyl sites for hydroxylation is 2. The zero-order valence-corrected chi connectivity index (χ0v) is 15.1. The summed E-state index contributed by atoms with van der Waals surface area (Å²) in [5.41, 5.74) is 1.99. The first-order chi connectivity index (χ1) is 12.0. The lowest BCUT2D eigenvalue weighted by atomic mass is 9.97. The average Bonchev–Trinajstić information content (AvgIpc) is 3.23. The molecule has 3 heterocycles. The molecule has 2 aromatic heterocycles. The molecule has 2 amide bonds. The van der Waals surface area contributed by atoms with Crippen LogP contribution < -0.4 is 5.32 Å². The smallest absolute Gasteiger partial charge is 0.317 e. The first-order valence-electron chi connectivity index (χ1n) is 8.84. The predicted molar refractivity (Wildman–Crippen MR) is 92.1 cm³/mol. The third kappa shape index (κ3) is 4.18. The van der Waals surface area contributed by atoms with E-state index < -0.39 is 0 Å². The molecule has 0 spiro atoms. The molecule has 0 aliphatic carbocycles. The lowest BCUT2D eigenvalue weighted by molar-refractivity contribution is 0.163. The zero-order chi connectivity index (χ0) is 17.8. The SMILES string of the molecule is Cc1noc(C)c1C(C)CNC(=O)N1CCC(Cn2ccnn2)CC1. The molecular weight excluding hydrogens is 320 g/mol. The molecule has 1 aliphatic rings. The molecule has 1 unspecified atom stereocenters. The van der Waals surface area contributed by atoms with Crippen LogP contribution in [0.1, 0.15) is 42.7 Å². The van der Waals surface area contributed by atoms with Crippen LogP contribution in [0.15, 0.2) is 16.9 Å². The first-order valence-corrected chi connectivity index (χ1v) is 8.84. The molecule has 8 nitrogen and oxygen atoms in total. The Hall–Kier alpha value is -2.38. The molecule has 8 heteroatoms. The second-order valence-electron chi connectivity index (χ2n) is 6.88. The largest absolute Gasteiger partial charge is 0.361 e. The van der Waals surface area contributed by atoms with Crippen molar-refractivity contribution in [2.45, 2.75) is 46.1 Å². The van der Waals surface area contributed by atoms with Gasteiger partial charge in [0.2, 0.25) is 0 Å². The van der Waals surface area contributed by atoms with Gasteiger partial charge in [-0.25, -0.2) is 4.79 Å². The van der Waals surface area contributed by atoms with Gasteiger partial charge in [0.25, 0.3) is 0 Å². The Kier molecular flexibility index (Phi) is 5.35. The molecule has 136 valence electrons. The van der Waals surface area contributed by atoms with E-state index in [1.807, 2.05) is 29.6 Å². The van der Waals surface area contributed by atoms with Gasteiger partial charge in [0.15, 0.2) is 0 Å². The molecule has 1 aliphatic heterocycles. The van der Waals surface area contributed by atoms with E-state index in [9.17, 15) is 4.79 Å². The second kappa shape index (κ2) is 7.67. The third-order valence-corrected chi connectivity index (χ3v) is 4.96. The number of nitrogens with zero attached hydrogens (tertiary/aromatic N) is 5. The van der Waals surface area contributed by atoms with Crippen LogP contribution in [0.4, 0.5) is 4.79 Å². The maximum Gasteiger partial charge on any atom is 0.317 e. The number of carbonyl (C=O) groups excluding carboxylic acids is 1. The summed E-state index contributed by atoms with van der Waals surface area (Å²) in [4.78, 5) is 14.3. The Bertz CT molecular complexity index is 669. The number of nitrogens with one attached hydrogen (secondary N) is 1. The molecule has 1 atom stereocenters. The third-order valence-electron chi connectivity index (χ3n) is 4.96. The van der Waals surface area contributed by atoms with Gasteiger partial charge in [-0.15, -0.1) is 5.10 Å². The maximum absolute atomic E-state index is 12.4. The lowest BCUT2D eigenvalue weighted by Crippen LogP contribution is -2.45. The number of likely N-dealkylation sites (tertiary alicyclic amines) is 1. The second-order valence-corrected chi connectivity index (χ2v) is 6.88. The number of hydrogen-bond donors (Lipinski definition) is 1. The van der Waals surface area contributed by atoms with Gasteiger partial charge in [-0.05, 0) is 32.6 Å². The summed E-state index contributed by atoms with van der Waals surface area (Å²) >= 11 is 0. The van der Waals surface area contributed by atoms with E-state index in [0.29, 0.717) is 12.5 Å². The summed E-state index contributed by atoms with van der Waals surface area (Å²) in [6.07, 6.45) is 5.57. The zero-order valence-electron chi connectivity index (χ0n) is 15.1. The van der Waals surface area contributed by atoms with Crippen molar-refractivity contribution in [3.8, 4) is 0 Å². The summed E-state index contributed by atoms with van der Waals surface area (Å²) in [7, 11) is 0. The van der Waals surface area contributed by atoms with Gasteiger partial charge >= 0.3 is 6.03 Å². The molecule has 2 aromatic rings. The highest BCUT2D eigenvalue weighted by atomic mass is 16.5. The molecule has 0 bridgehead atoms. The highest BCUT2D eigenvalue weighted by Crippen LogP contribution is 2.23. The lowest BCUT2D eigenvalue weighted by Gasteiger charge is -2.32. The molecule has 25 heavy (non-hydrogen) atoms. The highest BCUT2D eigenvalue weighted by Gasteiger charge is 2.24. The molecule has 1 N–H and O–H groups in total. The van der Waals surface area contributed by atoms with Crippen molar-refractivity contribution in [1.29, 1.82) is 0 Å². The number of carbonyl (C=O) groups is 1. The van der Waals surface area contributed by atoms with Crippen molar-refractivity contribution in [1.82, 2.24) is 30.4 Å². The van der Waals surface area contributed by atoms with Crippen molar-refractivity contribution in [3.05, 3.63) is 29.4 Å². The minimum atomic E-state index is 0.0119. The Morgan fingerprint density at radius 3 is 2.76 bits per heavy atom.